The predicted octanol–water partition coefficient (Wildman–Crippen LogP) is 6.38. The molecule has 2 nitrogen and oxygen atoms in total. The molecular formula is C23H33NO. The molecule has 0 spiro atoms. The van der Waals surface area contributed by atoms with Crippen molar-refractivity contribution in [1.82, 2.24) is 0 Å². The van der Waals surface area contributed by atoms with Crippen LogP contribution < -0.4 is 0 Å². The summed E-state index contributed by atoms with van der Waals surface area (Å²) >= 11 is 0. The summed E-state index contributed by atoms with van der Waals surface area (Å²) in [5.41, 5.74) is 2.18. The Hall–Kier alpha value is -1.59. The fourth-order valence-electron chi connectivity index (χ4n) is 3.82. The Balaban J connectivity index is 1.53. The van der Waals surface area contributed by atoms with Crippen molar-refractivity contribution in [1.29, 1.82) is 5.26 Å². The molecule has 0 aliphatic heterocycles. The normalized spacial score (nSPS) is 20.6. The number of nitriles is 1. The lowest BCUT2D eigenvalue weighted by molar-refractivity contribution is 0.121. The fourth-order valence-corrected chi connectivity index (χ4v) is 3.82. The van der Waals surface area contributed by atoms with Gasteiger partial charge in [-0.2, -0.15) is 5.26 Å². The Morgan fingerprint density at radius 3 is 2.44 bits per heavy atom. The topological polar surface area (TPSA) is 33.0 Å². The monoisotopic (exact) mass is 339 g/mol. The summed E-state index contributed by atoms with van der Waals surface area (Å²) in [4.78, 5) is 0. The van der Waals surface area contributed by atoms with Crippen molar-refractivity contribution in [2.45, 2.75) is 70.6 Å². The van der Waals surface area contributed by atoms with Gasteiger partial charge in [0.15, 0.2) is 0 Å². The van der Waals surface area contributed by atoms with E-state index in [0.29, 0.717) is 5.92 Å². The minimum atomic E-state index is 0.692. The molecule has 1 aliphatic carbocycles. The summed E-state index contributed by atoms with van der Waals surface area (Å²) < 4.78 is 5.77. The third-order valence-electron chi connectivity index (χ3n) is 5.40. The predicted molar refractivity (Wildman–Crippen MR) is 105 cm³/mol. The van der Waals surface area contributed by atoms with Crippen molar-refractivity contribution < 1.29 is 4.74 Å². The smallest absolute Gasteiger partial charge is 0.0991 e. The van der Waals surface area contributed by atoms with Crippen molar-refractivity contribution in [3.63, 3.8) is 0 Å². The van der Waals surface area contributed by atoms with E-state index in [-0.39, 0.29) is 0 Å². The molecule has 0 amide bonds. The van der Waals surface area contributed by atoms with Crippen LogP contribution in [0.5, 0.6) is 0 Å². The third kappa shape index (κ3) is 7.45. The summed E-state index contributed by atoms with van der Waals surface area (Å²) in [6.45, 7) is 3.93. The minimum Gasteiger partial charge on any atom is -0.381 e. The first-order valence-corrected chi connectivity index (χ1v) is 10.0. The first kappa shape index (κ1) is 19.7. The number of hydrogen-bond acceptors (Lipinski definition) is 2. The largest absolute Gasteiger partial charge is 0.381 e. The summed E-state index contributed by atoms with van der Waals surface area (Å²) in [5, 5.41) is 8.90. The van der Waals surface area contributed by atoms with Gasteiger partial charge in [-0.25, -0.2) is 0 Å². The van der Waals surface area contributed by atoms with Crippen LogP contribution in [0.2, 0.25) is 0 Å². The van der Waals surface area contributed by atoms with E-state index in [9.17, 15) is 0 Å². The second kappa shape index (κ2) is 11.9. The van der Waals surface area contributed by atoms with E-state index in [1.807, 2.05) is 12.1 Å². The van der Waals surface area contributed by atoms with Crippen LogP contribution in [-0.4, -0.2) is 13.2 Å². The Kier molecular flexibility index (Phi) is 9.37. The molecule has 1 aliphatic rings. The number of rotatable bonds is 10. The lowest BCUT2D eigenvalue weighted by Gasteiger charge is -2.28. The first-order chi connectivity index (χ1) is 12.3. The van der Waals surface area contributed by atoms with Crippen LogP contribution in [0.4, 0.5) is 0 Å². The fraction of sp³-hybridized carbons (Fsp3) is 0.609. The van der Waals surface area contributed by atoms with E-state index in [0.717, 1.165) is 24.7 Å². The number of hydrogen-bond donors (Lipinski definition) is 0. The maximum Gasteiger partial charge on any atom is 0.0991 e. The summed E-state index contributed by atoms with van der Waals surface area (Å²) in [6.07, 6.45) is 15.8. The second-order valence-corrected chi connectivity index (χ2v) is 7.27. The van der Waals surface area contributed by atoms with Gasteiger partial charge in [0.1, 0.15) is 0 Å². The van der Waals surface area contributed by atoms with Crippen LogP contribution >= 0.6 is 0 Å². The van der Waals surface area contributed by atoms with E-state index in [1.54, 1.807) is 0 Å². The molecule has 136 valence electrons. The summed E-state index contributed by atoms with van der Waals surface area (Å²) in [6, 6.07) is 10.4. The van der Waals surface area contributed by atoms with Crippen molar-refractivity contribution in [3.05, 3.63) is 47.5 Å². The number of benzene rings is 1. The van der Waals surface area contributed by atoms with Gasteiger partial charge in [0.05, 0.1) is 11.6 Å². The molecule has 1 saturated carbocycles. The quantitative estimate of drug-likeness (QED) is 0.366. The van der Waals surface area contributed by atoms with E-state index < -0.39 is 0 Å². The molecule has 0 radical (unpaired) electrons. The van der Waals surface area contributed by atoms with Gasteiger partial charge in [0, 0.05) is 13.2 Å². The van der Waals surface area contributed by atoms with Gasteiger partial charge in [-0.3, -0.25) is 0 Å². The van der Waals surface area contributed by atoms with Crippen LogP contribution in [0.3, 0.4) is 0 Å². The first-order valence-electron chi connectivity index (χ1n) is 10.0. The molecule has 1 aromatic carbocycles. The standard InChI is InChI=1S/C23H33NO/c1-2-3-4-5-6-17-25-18-7-8-20-9-13-22(14-10-20)23-15-11-21(19-24)12-16-23/h2-3,11-12,15-16,20,22H,4-10,13-14,17-18H2,1H3. The number of unbranched alkanes of at least 4 members (excludes halogenated alkanes) is 2. The number of ether oxygens (including phenoxy) is 1. The highest BCUT2D eigenvalue weighted by atomic mass is 16.5. The highest BCUT2D eigenvalue weighted by Gasteiger charge is 2.21. The maximum atomic E-state index is 8.90. The molecule has 0 unspecified atom stereocenters. The SMILES string of the molecule is CC=CCCCCOCCCC1CCC(c2ccc(C#N)cc2)CC1. The van der Waals surface area contributed by atoms with E-state index >= 15 is 0 Å². The van der Waals surface area contributed by atoms with Gasteiger partial charge < -0.3 is 4.74 Å². The number of allylic oxidation sites excluding steroid dienone is 2. The van der Waals surface area contributed by atoms with Crippen LogP contribution in [0.15, 0.2) is 36.4 Å². The minimum absolute atomic E-state index is 0.692. The van der Waals surface area contributed by atoms with Crippen molar-refractivity contribution in [3.8, 4) is 6.07 Å². The van der Waals surface area contributed by atoms with E-state index in [4.69, 9.17) is 10.00 Å². The lowest BCUT2D eigenvalue weighted by Crippen LogP contribution is -2.14. The van der Waals surface area contributed by atoms with Gasteiger partial charge in [-0.1, -0.05) is 24.3 Å². The Morgan fingerprint density at radius 2 is 1.76 bits per heavy atom. The molecule has 2 heteroatoms. The van der Waals surface area contributed by atoms with Gasteiger partial charge in [0.25, 0.3) is 0 Å². The molecule has 0 aromatic heterocycles. The van der Waals surface area contributed by atoms with Gasteiger partial charge >= 0.3 is 0 Å². The average Bonchev–Trinajstić information content (AvgIpc) is 2.67. The molecule has 0 heterocycles. The molecule has 0 N–H and O–H groups in total. The zero-order chi connectivity index (χ0) is 17.7. The van der Waals surface area contributed by atoms with Crippen molar-refractivity contribution >= 4 is 0 Å². The molecule has 2 rings (SSSR count). The van der Waals surface area contributed by atoms with Crippen LogP contribution in [0, 0.1) is 17.2 Å². The van der Waals surface area contributed by atoms with Gasteiger partial charge in [-0.05, 0) is 94.2 Å². The van der Waals surface area contributed by atoms with E-state index in [2.05, 4.69) is 37.3 Å². The van der Waals surface area contributed by atoms with Crippen LogP contribution in [0.1, 0.15) is 81.8 Å². The Bertz CT molecular complexity index is 532. The zero-order valence-corrected chi connectivity index (χ0v) is 15.8. The molecule has 0 atom stereocenters. The zero-order valence-electron chi connectivity index (χ0n) is 15.8. The highest BCUT2D eigenvalue weighted by Crippen LogP contribution is 2.37. The molecule has 0 bridgehead atoms. The lowest BCUT2D eigenvalue weighted by atomic mass is 9.77. The Labute approximate surface area is 153 Å². The van der Waals surface area contributed by atoms with E-state index in [1.165, 1.54) is 63.4 Å². The maximum absolute atomic E-state index is 8.90. The molecule has 0 saturated heterocycles. The average molecular weight is 340 g/mol. The highest BCUT2D eigenvalue weighted by molar-refractivity contribution is 5.33. The molecule has 1 aromatic rings. The van der Waals surface area contributed by atoms with Crippen LogP contribution in [0.25, 0.3) is 0 Å². The number of nitrogens with zero attached hydrogens (tertiary/aromatic N) is 1. The summed E-state index contributed by atoms with van der Waals surface area (Å²) in [5.74, 6) is 1.57. The third-order valence-corrected chi connectivity index (χ3v) is 5.40. The van der Waals surface area contributed by atoms with Gasteiger partial charge in [-0.15, -0.1) is 0 Å². The molecule has 1 fully saturated rings. The molecular weight excluding hydrogens is 306 g/mol. The summed E-state index contributed by atoms with van der Waals surface area (Å²) in [7, 11) is 0. The second-order valence-electron chi connectivity index (χ2n) is 7.27. The Morgan fingerprint density at radius 1 is 1.04 bits per heavy atom. The van der Waals surface area contributed by atoms with Crippen molar-refractivity contribution in [2.24, 2.45) is 5.92 Å². The van der Waals surface area contributed by atoms with Crippen molar-refractivity contribution in [2.75, 3.05) is 13.2 Å². The van der Waals surface area contributed by atoms with Gasteiger partial charge in [0.2, 0.25) is 0 Å². The van der Waals surface area contributed by atoms with Crippen LogP contribution in [-0.2, 0) is 4.74 Å². The molecule has 25 heavy (non-hydrogen) atoms.